The lowest BCUT2D eigenvalue weighted by Crippen LogP contribution is -2.45. The van der Waals surface area contributed by atoms with Crippen LogP contribution in [0.3, 0.4) is 0 Å². The fraction of sp³-hybridized carbons (Fsp3) is 0.600. The molecule has 24 heavy (non-hydrogen) atoms. The lowest BCUT2D eigenvalue weighted by atomic mass is 9.91. The molecule has 4 nitrogen and oxygen atoms in total. The van der Waals surface area contributed by atoms with Crippen molar-refractivity contribution in [2.75, 3.05) is 13.1 Å². The molecule has 1 aromatic rings. The molecule has 0 bridgehead atoms. The van der Waals surface area contributed by atoms with Gasteiger partial charge in [0, 0.05) is 18.5 Å². The standard InChI is InChI=1S/C20H29NO3/c1-13-11-14(2)17(15(3)12-13)24-18(22)16-7-9-21(10-8-16)19(23)20(4,5)6/h11-12,16H,7-10H2,1-6H3. The lowest BCUT2D eigenvalue weighted by molar-refractivity contribution is -0.146. The van der Waals surface area contributed by atoms with Gasteiger partial charge < -0.3 is 9.64 Å². The summed E-state index contributed by atoms with van der Waals surface area (Å²) in [5.74, 6) is 0.528. The highest BCUT2D eigenvalue weighted by atomic mass is 16.5. The fourth-order valence-electron chi connectivity index (χ4n) is 3.30. The van der Waals surface area contributed by atoms with Crippen LogP contribution in [0.5, 0.6) is 5.75 Å². The molecule has 1 heterocycles. The van der Waals surface area contributed by atoms with Gasteiger partial charge in [0.1, 0.15) is 5.75 Å². The van der Waals surface area contributed by atoms with E-state index in [1.54, 1.807) is 0 Å². The predicted octanol–water partition coefficient (Wildman–Crippen LogP) is 3.80. The molecule has 1 aliphatic rings. The Morgan fingerprint density at radius 3 is 2.00 bits per heavy atom. The van der Waals surface area contributed by atoms with Gasteiger partial charge in [0.05, 0.1) is 5.92 Å². The zero-order chi connectivity index (χ0) is 18.1. The number of nitrogens with zero attached hydrogens (tertiary/aromatic N) is 1. The van der Waals surface area contributed by atoms with Crippen LogP contribution in [0, 0.1) is 32.1 Å². The summed E-state index contributed by atoms with van der Waals surface area (Å²) < 4.78 is 5.69. The van der Waals surface area contributed by atoms with Crippen LogP contribution in [0.2, 0.25) is 0 Å². The molecule has 0 spiro atoms. The van der Waals surface area contributed by atoms with E-state index in [1.165, 1.54) is 5.56 Å². The first-order valence-corrected chi connectivity index (χ1v) is 8.68. The number of amides is 1. The minimum absolute atomic E-state index is 0.130. The summed E-state index contributed by atoms with van der Waals surface area (Å²) in [6.07, 6.45) is 1.34. The van der Waals surface area contributed by atoms with Gasteiger partial charge in [-0.15, -0.1) is 0 Å². The van der Waals surface area contributed by atoms with Crippen molar-refractivity contribution < 1.29 is 14.3 Å². The second kappa shape index (κ2) is 6.96. The molecule has 0 unspecified atom stereocenters. The quantitative estimate of drug-likeness (QED) is 0.612. The summed E-state index contributed by atoms with van der Waals surface area (Å²) in [7, 11) is 0. The second-order valence-corrected chi connectivity index (χ2v) is 7.97. The van der Waals surface area contributed by atoms with E-state index in [0.717, 1.165) is 11.1 Å². The van der Waals surface area contributed by atoms with Crippen LogP contribution in [0.1, 0.15) is 50.3 Å². The van der Waals surface area contributed by atoms with Crippen molar-refractivity contribution in [1.82, 2.24) is 4.90 Å². The molecule has 1 saturated heterocycles. The van der Waals surface area contributed by atoms with E-state index in [1.807, 2.05) is 58.6 Å². The van der Waals surface area contributed by atoms with Gasteiger partial charge in [0.25, 0.3) is 0 Å². The Morgan fingerprint density at radius 1 is 1.04 bits per heavy atom. The second-order valence-electron chi connectivity index (χ2n) is 7.97. The Balaban J connectivity index is 1.98. The fourth-order valence-corrected chi connectivity index (χ4v) is 3.30. The number of likely N-dealkylation sites (tertiary alicyclic amines) is 1. The molecule has 1 aliphatic heterocycles. The van der Waals surface area contributed by atoms with Crippen molar-refractivity contribution in [3.05, 3.63) is 28.8 Å². The maximum Gasteiger partial charge on any atom is 0.314 e. The number of benzene rings is 1. The number of hydrogen-bond donors (Lipinski definition) is 0. The Morgan fingerprint density at radius 2 is 1.54 bits per heavy atom. The molecule has 1 fully saturated rings. The number of piperidine rings is 1. The third-order valence-electron chi connectivity index (χ3n) is 4.56. The van der Waals surface area contributed by atoms with E-state index in [2.05, 4.69) is 0 Å². The first kappa shape index (κ1) is 18.5. The van der Waals surface area contributed by atoms with E-state index < -0.39 is 0 Å². The van der Waals surface area contributed by atoms with Gasteiger partial charge in [0.2, 0.25) is 5.91 Å². The summed E-state index contributed by atoms with van der Waals surface area (Å²) in [6, 6.07) is 4.06. The summed E-state index contributed by atoms with van der Waals surface area (Å²) in [6.45, 7) is 13.0. The topological polar surface area (TPSA) is 46.6 Å². The van der Waals surface area contributed by atoms with Crippen LogP contribution in [0.4, 0.5) is 0 Å². The molecule has 0 aliphatic carbocycles. The number of rotatable bonds is 2. The monoisotopic (exact) mass is 331 g/mol. The van der Waals surface area contributed by atoms with E-state index in [0.29, 0.717) is 31.7 Å². The molecular formula is C20H29NO3. The zero-order valence-corrected chi connectivity index (χ0v) is 15.7. The number of carbonyl (C=O) groups excluding carboxylic acids is 2. The molecule has 0 N–H and O–H groups in total. The average molecular weight is 331 g/mol. The highest BCUT2D eigenvalue weighted by Gasteiger charge is 2.33. The third kappa shape index (κ3) is 4.16. The summed E-state index contributed by atoms with van der Waals surface area (Å²) in [4.78, 5) is 26.7. The molecule has 0 saturated carbocycles. The maximum absolute atomic E-state index is 12.5. The van der Waals surface area contributed by atoms with Gasteiger partial charge in [-0.1, -0.05) is 38.5 Å². The number of aryl methyl sites for hydroxylation is 3. The summed E-state index contributed by atoms with van der Waals surface area (Å²) >= 11 is 0. The molecule has 1 amide bonds. The van der Waals surface area contributed by atoms with E-state index >= 15 is 0 Å². The zero-order valence-electron chi connectivity index (χ0n) is 15.7. The van der Waals surface area contributed by atoms with Gasteiger partial charge in [-0.2, -0.15) is 0 Å². The van der Waals surface area contributed by atoms with Crippen LogP contribution >= 0.6 is 0 Å². The molecular weight excluding hydrogens is 302 g/mol. The van der Waals surface area contributed by atoms with Crippen molar-refractivity contribution >= 4 is 11.9 Å². The molecule has 2 rings (SSSR count). The van der Waals surface area contributed by atoms with Gasteiger partial charge in [-0.3, -0.25) is 9.59 Å². The Labute approximate surface area is 145 Å². The summed E-state index contributed by atoms with van der Waals surface area (Å²) in [5.41, 5.74) is 2.77. The first-order valence-electron chi connectivity index (χ1n) is 8.68. The molecule has 0 radical (unpaired) electrons. The van der Waals surface area contributed by atoms with Crippen molar-refractivity contribution in [3.8, 4) is 5.75 Å². The Bertz CT molecular complexity index is 612. The summed E-state index contributed by atoms with van der Waals surface area (Å²) in [5, 5.41) is 0. The minimum atomic E-state index is -0.372. The number of hydrogen-bond acceptors (Lipinski definition) is 3. The molecule has 0 atom stereocenters. The molecule has 0 aromatic heterocycles. The smallest absolute Gasteiger partial charge is 0.314 e. The predicted molar refractivity (Wildman–Crippen MR) is 95.0 cm³/mol. The van der Waals surface area contributed by atoms with Crippen LogP contribution in [0.25, 0.3) is 0 Å². The third-order valence-corrected chi connectivity index (χ3v) is 4.56. The van der Waals surface area contributed by atoms with Crippen molar-refractivity contribution in [1.29, 1.82) is 0 Å². The number of esters is 1. The number of ether oxygens (including phenoxy) is 1. The largest absolute Gasteiger partial charge is 0.426 e. The minimum Gasteiger partial charge on any atom is -0.426 e. The van der Waals surface area contributed by atoms with Gasteiger partial charge in [0.15, 0.2) is 0 Å². The molecule has 132 valence electrons. The van der Waals surface area contributed by atoms with Crippen molar-refractivity contribution in [3.63, 3.8) is 0 Å². The normalized spacial score (nSPS) is 16.2. The van der Waals surface area contributed by atoms with Crippen LogP contribution in [0.15, 0.2) is 12.1 Å². The maximum atomic E-state index is 12.5. The van der Waals surface area contributed by atoms with E-state index in [-0.39, 0.29) is 23.2 Å². The van der Waals surface area contributed by atoms with E-state index in [9.17, 15) is 9.59 Å². The van der Waals surface area contributed by atoms with E-state index in [4.69, 9.17) is 4.74 Å². The lowest BCUT2D eigenvalue weighted by Gasteiger charge is -2.35. The van der Waals surface area contributed by atoms with Gasteiger partial charge >= 0.3 is 5.97 Å². The Kier molecular flexibility index (Phi) is 5.36. The number of carbonyl (C=O) groups is 2. The van der Waals surface area contributed by atoms with Crippen LogP contribution in [-0.2, 0) is 9.59 Å². The van der Waals surface area contributed by atoms with Crippen molar-refractivity contribution in [2.45, 2.75) is 54.4 Å². The first-order chi connectivity index (χ1) is 11.1. The Hall–Kier alpha value is -1.84. The SMILES string of the molecule is Cc1cc(C)c(OC(=O)C2CCN(C(=O)C(C)(C)C)CC2)c(C)c1. The highest BCUT2D eigenvalue weighted by molar-refractivity contribution is 5.82. The van der Waals surface area contributed by atoms with Crippen LogP contribution < -0.4 is 4.74 Å². The average Bonchev–Trinajstić information content (AvgIpc) is 2.49. The molecule has 4 heteroatoms. The van der Waals surface area contributed by atoms with Gasteiger partial charge in [-0.05, 0) is 44.7 Å². The molecule has 1 aromatic carbocycles. The highest BCUT2D eigenvalue weighted by Crippen LogP contribution is 2.28. The van der Waals surface area contributed by atoms with Crippen molar-refractivity contribution in [2.24, 2.45) is 11.3 Å². The van der Waals surface area contributed by atoms with Gasteiger partial charge in [-0.25, -0.2) is 0 Å². The van der Waals surface area contributed by atoms with Crippen LogP contribution in [-0.4, -0.2) is 29.9 Å².